The number of benzene rings is 4. The fourth-order valence-electron chi connectivity index (χ4n) is 4.98. The largest absolute Gasteiger partial charge is 0.478 e. The molecule has 0 aliphatic carbocycles. The Morgan fingerprint density at radius 2 is 1.23 bits per heavy atom. The van der Waals surface area contributed by atoms with Crippen molar-refractivity contribution in [3.8, 4) is 22.6 Å². The lowest BCUT2D eigenvalue weighted by molar-refractivity contribution is -0.152. The second-order valence-corrected chi connectivity index (χ2v) is 10.1. The molecule has 0 saturated carbocycles. The number of rotatable bonds is 13. The van der Waals surface area contributed by atoms with Crippen molar-refractivity contribution in [1.29, 1.82) is 0 Å². The van der Waals surface area contributed by atoms with Crippen LogP contribution in [0.5, 0.6) is 11.5 Å². The molecule has 0 heterocycles. The molecular weight excluding hydrogens is 504 g/mol. The monoisotopic (exact) mass is 542 g/mol. The summed E-state index contributed by atoms with van der Waals surface area (Å²) >= 11 is 0. The van der Waals surface area contributed by atoms with Gasteiger partial charge in [-0.1, -0.05) is 93.4 Å². The minimum absolute atomic E-state index is 0.195. The van der Waals surface area contributed by atoms with Crippen LogP contribution in [0.15, 0.2) is 72.8 Å². The molecular formula is C34H38O6. The molecule has 210 valence electrons. The van der Waals surface area contributed by atoms with E-state index in [9.17, 15) is 9.59 Å². The SMILES string of the molecule is CCCC(C)OC(=O)COc1cc2ccccc2c(-c2cccc3ccccc23)c1OCC(=O)OC(C)CCC. The van der Waals surface area contributed by atoms with Crippen LogP contribution >= 0.6 is 0 Å². The molecule has 2 unspecified atom stereocenters. The Kier molecular flexibility index (Phi) is 10.0. The van der Waals surface area contributed by atoms with Crippen LogP contribution in [0.3, 0.4) is 0 Å². The van der Waals surface area contributed by atoms with Gasteiger partial charge in [0.1, 0.15) is 0 Å². The van der Waals surface area contributed by atoms with Crippen molar-refractivity contribution in [1.82, 2.24) is 0 Å². The summed E-state index contributed by atoms with van der Waals surface area (Å²) in [5, 5.41) is 3.96. The third kappa shape index (κ3) is 7.12. The van der Waals surface area contributed by atoms with Crippen molar-refractivity contribution in [2.45, 2.75) is 65.6 Å². The Bertz CT molecular complexity index is 1450. The maximum absolute atomic E-state index is 12.7. The second kappa shape index (κ2) is 13.8. The van der Waals surface area contributed by atoms with E-state index in [-0.39, 0.29) is 25.4 Å². The molecule has 0 aliphatic rings. The van der Waals surface area contributed by atoms with Gasteiger partial charge in [-0.3, -0.25) is 0 Å². The van der Waals surface area contributed by atoms with E-state index in [1.54, 1.807) is 0 Å². The van der Waals surface area contributed by atoms with Crippen molar-refractivity contribution in [2.75, 3.05) is 13.2 Å². The number of carbonyl (C=O) groups is 2. The zero-order valence-corrected chi connectivity index (χ0v) is 23.8. The molecule has 0 aliphatic heterocycles. The summed E-state index contributed by atoms with van der Waals surface area (Å²) in [5.74, 6) is -0.183. The summed E-state index contributed by atoms with van der Waals surface area (Å²) in [4.78, 5) is 25.3. The van der Waals surface area contributed by atoms with Crippen LogP contribution in [-0.2, 0) is 19.1 Å². The van der Waals surface area contributed by atoms with Gasteiger partial charge < -0.3 is 18.9 Å². The summed E-state index contributed by atoms with van der Waals surface area (Å²) in [5.41, 5.74) is 1.72. The van der Waals surface area contributed by atoms with Crippen molar-refractivity contribution in [2.24, 2.45) is 0 Å². The average molecular weight is 543 g/mol. The zero-order chi connectivity index (χ0) is 28.5. The van der Waals surface area contributed by atoms with Gasteiger partial charge in [-0.05, 0) is 59.9 Å². The molecule has 0 bridgehead atoms. The van der Waals surface area contributed by atoms with Gasteiger partial charge in [0.25, 0.3) is 0 Å². The predicted molar refractivity (Wildman–Crippen MR) is 159 cm³/mol. The molecule has 2 atom stereocenters. The Balaban J connectivity index is 1.78. The lowest BCUT2D eigenvalue weighted by Gasteiger charge is -2.21. The molecule has 40 heavy (non-hydrogen) atoms. The van der Waals surface area contributed by atoms with Crippen LogP contribution in [0.2, 0.25) is 0 Å². The highest BCUT2D eigenvalue weighted by Crippen LogP contribution is 2.46. The maximum atomic E-state index is 12.7. The predicted octanol–water partition coefficient (Wildman–Crippen LogP) is 7.88. The summed E-state index contributed by atoms with van der Waals surface area (Å²) in [6, 6.07) is 24.0. The third-order valence-corrected chi connectivity index (χ3v) is 6.76. The van der Waals surface area contributed by atoms with Gasteiger partial charge in [0.05, 0.1) is 12.2 Å². The number of esters is 2. The Morgan fingerprint density at radius 1 is 0.675 bits per heavy atom. The van der Waals surface area contributed by atoms with Crippen LogP contribution < -0.4 is 9.47 Å². The number of hydrogen-bond acceptors (Lipinski definition) is 6. The molecule has 0 radical (unpaired) electrons. The molecule has 6 nitrogen and oxygen atoms in total. The van der Waals surface area contributed by atoms with Gasteiger partial charge in [-0.25, -0.2) is 9.59 Å². The highest BCUT2D eigenvalue weighted by atomic mass is 16.6. The normalized spacial score (nSPS) is 12.6. The number of fused-ring (bicyclic) bond motifs is 2. The summed E-state index contributed by atoms with van der Waals surface area (Å²) in [7, 11) is 0. The highest BCUT2D eigenvalue weighted by Gasteiger charge is 2.22. The molecule has 4 aromatic carbocycles. The average Bonchev–Trinajstić information content (AvgIpc) is 2.94. The number of ether oxygens (including phenoxy) is 4. The number of carbonyl (C=O) groups excluding carboxylic acids is 2. The lowest BCUT2D eigenvalue weighted by Crippen LogP contribution is -2.22. The molecule has 0 saturated heterocycles. The first kappa shape index (κ1) is 28.9. The number of hydrogen-bond donors (Lipinski definition) is 0. The van der Waals surface area contributed by atoms with E-state index in [1.165, 1.54) is 0 Å². The van der Waals surface area contributed by atoms with Crippen LogP contribution in [0.4, 0.5) is 0 Å². The first-order valence-corrected chi connectivity index (χ1v) is 14.1. The minimum atomic E-state index is -0.461. The minimum Gasteiger partial charge on any atom is -0.478 e. The molecule has 0 N–H and O–H groups in total. The van der Waals surface area contributed by atoms with Gasteiger partial charge in [0, 0.05) is 5.56 Å². The summed E-state index contributed by atoms with van der Waals surface area (Å²) in [6.07, 6.45) is 2.98. The van der Waals surface area contributed by atoms with Gasteiger partial charge in [-0.15, -0.1) is 0 Å². The topological polar surface area (TPSA) is 71.1 Å². The van der Waals surface area contributed by atoms with E-state index in [0.717, 1.165) is 58.4 Å². The third-order valence-electron chi connectivity index (χ3n) is 6.76. The molecule has 0 spiro atoms. The Hall–Kier alpha value is -4.06. The van der Waals surface area contributed by atoms with Crippen molar-refractivity contribution < 1.29 is 28.5 Å². The van der Waals surface area contributed by atoms with Gasteiger partial charge in [-0.2, -0.15) is 0 Å². The molecule has 4 rings (SSSR count). The highest BCUT2D eigenvalue weighted by molar-refractivity contribution is 6.08. The molecule has 4 aromatic rings. The summed E-state index contributed by atoms with van der Waals surface area (Å²) in [6.45, 7) is 7.26. The van der Waals surface area contributed by atoms with Gasteiger partial charge >= 0.3 is 11.9 Å². The molecule has 0 aromatic heterocycles. The Morgan fingerprint density at radius 3 is 1.88 bits per heavy atom. The first-order valence-electron chi connectivity index (χ1n) is 14.1. The van der Waals surface area contributed by atoms with E-state index in [4.69, 9.17) is 18.9 Å². The zero-order valence-electron chi connectivity index (χ0n) is 23.8. The first-order chi connectivity index (χ1) is 19.4. The van der Waals surface area contributed by atoms with Gasteiger partial charge in [0.15, 0.2) is 24.7 Å². The maximum Gasteiger partial charge on any atom is 0.344 e. The fraction of sp³-hybridized carbons (Fsp3) is 0.353. The van der Waals surface area contributed by atoms with Crippen LogP contribution in [0, 0.1) is 0 Å². The molecule has 6 heteroatoms. The molecule has 0 fully saturated rings. The van der Waals surface area contributed by atoms with Crippen molar-refractivity contribution in [3.05, 3.63) is 72.8 Å². The van der Waals surface area contributed by atoms with E-state index in [0.29, 0.717) is 11.5 Å². The van der Waals surface area contributed by atoms with E-state index in [1.807, 2.05) is 82.3 Å². The van der Waals surface area contributed by atoms with Crippen molar-refractivity contribution >= 4 is 33.5 Å². The Labute approximate surface area is 236 Å². The smallest absolute Gasteiger partial charge is 0.344 e. The summed E-state index contributed by atoms with van der Waals surface area (Å²) < 4.78 is 23.3. The molecule has 0 amide bonds. The van der Waals surface area contributed by atoms with E-state index in [2.05, 4.69) is 18.2 Å². The van der Waals surface area contributed by atoms with Gasteiger partial charge in [0.2, 0.25) is 0 Å². The second-order valence-electron chi connectivity index (χ2n) is 10.1. The van der Waals surface area contributed by atoms with E-state index >= 15 is 0 Å². The quantitative estimate of drug-likeness (QED) is 0.160. The van der Waals surface area contributed by atoms with E-state index < -0.39 is 11.9 Å². The lowest BCUT2D eigenvalue weighted by atomic mass is 9.92. The fourth-order valence-corrected chi connectivity index (χ4v) is 4.98. The van der Waals surface area contributed by atoms with Crippen LogP contribution in [-0.4, -0.2) is 37.4 Å². The van der Waals surface area contributed by atoms with Crippen LogP contribution in [0.25, 0.3) is 32.7 Å². The standard InChI is InChI=1S/C34H38O6/c1-5-12-23(3)39-31(35)21-37-30-20-26-15-8-10-18-28(26)33(29-19-11-16-25-14-7-9-17-27(25)29)34(30)38-22-32(36)40-24(4)13-6-2/h7-11,14-20,23-24H,5-6,12-13,21-22H2,1-4H3. The van der Waals surface area contributed by atoms with Crippen molar-refractivity contribution in [3.63, 3.8) is 0 Å². The van der Waals surface area contributed by atoms with Crippen LogP contribution in [0.1, 0.15) is 53.4 Å².